The summed E-state index contributed by atoms with van der Waals surface area (Å²) in [6.07, 6.45) is 4.85. The van der Waals surface area contributed by atoms with Crippen LogP contribution in [0.1, 0.15) is 42.1 Å². The minimum absolute atomic E-state index is 0.262. The number of hydrogen-bond acceptors (Lipinski definition) is 3. The third-order valence-corrected chi connectivity index (χ3v) is 5.28. The Balaban J connectivity index is 1.61. The first-order valence-electron chi connectivity index (χ1n) is 8.23. The predicted octanol–water partition coefficient (Wildman–Crippen LogP) is 2.60. The number of ketones is 1. The van der Waals surface area contributed by atoms with Crippen molar-refractivity contribution in [3.8, 4) is 0 Å². The molecule has 0 spiro atoms. The summed E-state index contributed by atoms with van der Waals surface area (Å²) in [5.41, 5.74) is 2.15. The molecule has 0 aliphatic carbocycles. The fraction of sp³-hybridized carbons (Fsp3) is 0.611. The largest absolute Gasteiger partial charge is 0.299 e. The van der Waals surface area contributed by atoms with E-state index in [0.29, 0.717) is 12.6 Å². The van der Waals surface area contributed by atoms with Gasteiger partial charge in [-0.1, -0.05) is 31.2 Å². The molecule has 2 saturated heterocycles. The number of nitrogens with zero attached hydrogens (tertiary/aromatic N) is 2. The summed E-state index contributed by atoms with van der Waals surface area (Å²) in [6.45, 7) is 4.82. The van der Waals surface area contributed by atoms with Gasteiger partial charge in [0.25, 0.3) is 0 Å². The lowest BCUT2D eigenvalue weighted by molar-refractivity contribution is 0.0923. The van der Waals surface area contributed by atoms with E-state index in [4.69, 9.17) is 0 Å². The zero-order chi connectivity index (χ0) is 14.8. The molecule has 1 aromatic carbocycles. The number of benzene rings is 1. The van der Waals surface area contributed by atoms with Gasteiger partial charge < -0.3 is 0 Å². The van der Waals surface area contributed by atoms with Crippen molar-refractivity contribution in [1.82, 2.24) is 9.80 Å². The molecule has 2 aliphatic rings. The SMILES string of the molecule is CCc1ccc(C(=O)CN2CCC3CCC(C2)N3C)cc1. The maximum Gasteiger partial charge on any atom is 0.176 e. The summed E-state index contributed by atoms with van der Waals surface area (Å²) in [7, 11) is 2.25. The molecule has 2 aliphatic heterocycles. The first-order valence-corrected chi connectivity index (χ1v) is 8.23. The predicted molar refractivity (Wildman–Crippen MR) is 85.8 cm³/mol. The molecule has 0 radical (unpaired) electrons. The van der Waals surface area contributed by atoms with E-state index < -0.39 is 0 Å². The van der Waals surface area contributed by atoms with Crippen LogP contribution in [-0.4, -0.2) is 54.3 Å². The Kier molecular flexibility index (Phi) is 4.41. The lowest BCUT2D eigenvalue weighted by Crippen LogP contribution is -2.38. The third kappa shape index (κ3) is 3.19. The molecule has 21 heavy (non-hydrogen) atoms. The van der Waals surface area contributed by atoms with Crippen molar-refractivity contribution in [1.29, 1.82) is 0 Å². The van der Waals surface area contributed by atoms with Crippen molar-refractivity contribution < 1.29 is 4.79 Å². The molecule has 0 N–H and O–H groups in total. The van der Waals surface area contributed by atoms with Gasteiger partial charge in [-0.25, -0.2) is 0 Å². The molecular formula is C18H26N2O. The minimum Gasteiger partial charge on any atom is -0.299 e. The molecular weight excluding hydrogens is 260 g/mol. The molecule has 0 aromatic heterocycles. The highest BCUT2D eigenvalue weighted by Gasteiger charge is 2.34. The van der Waals surface area contributed by atoms with Gasteiger partial charge in [0.05, 0.1) is 6.54 Å². The van der Waals surface area contributed by atoms with Gasteiger partial charge in [0.15, 0.2) is 5.78 Å². The van der Waals surface area contributed by atoms with Gasteiger partial charge in [0, 0.05) is 30.7 Å². The number of Topliss-reactive ketones (excluding diaryl/α,β-unsaturated/α-hetero) is 1. The molecule has 2 atom stereocenters. The molecule has 114 valence electrons. The molecule has 1 aromatic rings. The van der Waals surface area contributed by atoms with Crippen molar-refractivity contribution in [3.05, 3.63) is 35.4 Å². The zero-order valence-corrected chi connectivity index (χ0v) is 13.2. The van der Waals surface area contributed by atoms with Crippen molar-refractivity contribution in [2.24, 2.45) is 0 Å². The van der Waals surface area contributed by atoms with Gasteiger partial charge in [-0.3, -0.25) is 14.6 Å². The average molecular weight is 286 g/mol. The second kappa shape index (κ2) is 6.29. The van der Waals surface area contributed by atoms with E-state index in [9.17, 15) is 4.79 Å². The van der Waals surface area contributed by atoms with E-state index in [-0.39, 0.29) is 5.78 Å². The van der Waals surface area contributed by atoms with Gasteiger partial charge in [-0.15, -0.1) is 0 Å². The highest BCUT2D eigenvalue weighted by Crippen LogP contribution is 2.28. The van der Waals surface area contributed by atoms with Crippen molar-refractivity contribution in [3.63, 3.8) is 0 Å². The number of hydrogen-bond donors (Lipinski definition) is 0. The molecule has 3 rings (SSSR count). The summed E-state index contributed by atoms with van der Waals surface area (Å²) in [6, 6.07) is 9.50. The van der Waals surface area contributed by atoms with E-state index in [2.05, 4.69) is 35.9 Å². The van der Waals surface area contributed by atoms with Gasteiger partial charge in [-0.05, 0) is 38.3 Å². The lowest BCUT2D eigenvalue weighted by atomic mass is 10.0. The Morgan fingerprint density at radius 2 is 1.86 bits per heavy atom. The smallest absolute Gasteiger partial charge is 0.176 e. The second-order valence-electron chi connectivity index (χ2n) is 6.55. The van der Waals surface area contributed by atoms with Gasteiger partial charge in [-0.2, -0.15) is 0 Å². The average Bonchev–Trinajstić information content (AvgIpc) is 2.75. The van der Waals surface area contributed by atoms with Crippen molar-refractivity contribution in [2.75, 3.05) is 26.7 Å². The zero-order valence-electron chi connectivity index (χ0n) is 13.2. The first-order chi connectivity index (χ1) is 10.2. The van der Waals surface area contributed by atoms with Crippen LogP contribution in [0.15, 0.2) is 24.3 Å². The number of likely N-dealkylation sites (N-methyl/N-ethyl adjacent to an activating group) is 1. The molecule has 0 saturated carbocycles. The quantitative estimate of drug-likeness (QED) is 0.795. The van der Waals surface area contributed by atoms with Crippen LogP contribution < -0.4 is 0 Å². The van der Waals surface area contributed by atoms with Crippen LogP contribution in [0.4, 0.5) is 0 Å². The Morgan fingerprint density at radius 1 is 1.14 bits per heavy atom. The molecule has 3 nitrogen and oxygen atoms in total. The standard InChI is InChI=1S/C18H26N2O/c1-3-14-4-6-15(7-5-14)18(21)13-20-11-10-16-8-9-17(12-20)19(16)2/h4-7,16-17H,3,8-13H2,1-2H3. The summed E-state index contributed by atoms with van der Waals surface area (Å²) in [4.78, 5) is 17.3. The van der Waals surface area contributed by atoms with Crippen LogP contribution in [0.2, 0.25) is 0 Å². The molecule has 0 amide bonds. The normalized spacial score (nSPS) is 26.8. The number of carbonyl (C=O) groups is 1. The Bertz CT molecular complexity index is 496. The number of rotatable bonds is 4. The highest BCUT2D eigenvalue weighted by molar-refractivity contribution is 5.97. The van der Waals surface area contributed by atoms with Crippen LogP contribution in [-0.2, 0) is 6.42 Å². The first kappa shape index (κ1) is 14.7. The van der Waals surface area contributed by atoms with Crippen LogP contribution >= 0.6 is 0 Å². The Hall–Kier alpha value is -1.19. The van der Waals surface area contributed by atoms with Gasteiger partial charge >= 0.3 is 0 Å². The third-order valence-electron chi connectivity index (χ3n) is 5.28. The molecule has 3 heteroatoms. The number of aryl methyl sites for hydroxylation is 1. The van der Waals surface area contributed by atoms with E-state index >= 15 is 0 Å². The van der Waals surface area contributed by atoms with Crippen LogP contribution in [0.25, 0.3) is 0 Å². The van der Waals surface area contributed by atoms with E-state index in [1.807, 2.05) is 12.1 Å². The summed E-state index contributed by atoms with van der Waals surface area (Å²) >= 11 is 0. The maximum absolute atomic E-state index is 12.5. The molecule has 2 bridgehead atoms. The monoisotopic (exact) mass is 286 g/mol. The van der Waals surface area contributed by atoms with Crippen LogP contribution in [0.5, 0.6) is 0 Å². The summed E-state index contributed by atoms with van der Waals surface area (Å²) in [5, 5.41) is 0. The minimum atomic E-state index is 0.262. The summed E-state index contributed by atoms with van der Waals surface area (Å²) < 4.78 is 0. The summed E-state index contributed by atoms with van der Waals surface area (Å²) in [5.74, 6) is 0.262. The fourth-order valence-corrected chi connectivity index (χ4v) is 3.74. The number of fused-ring (bicyclic) bond motifs is 2. The lowest BCUT2D eigenvalue weighted by Gasteiger charge is -2.25. The topological polar surface area (TPSA) is 23.6 Å². The maximum atomic E-state index is 12.5. The highest BCUT2D eigenvalue weighted by atomic mass is 16.1. The Labute approximate surface area is 127 Å². The van der Waals surface area contributed by atoms with Gasteiger partial charge in [0.1, 0.15) is 0 Å². The van der Waals surface area contributed by atoms with E-state index in [1.54, 1.807) is 0 Å². The van der Waals surface area contributed by atoms with Gasteiger partial charge in [0.2, 0.25) is 0 Å². The number of likely N-dealkylation sites (tertiary alicyclic amines) is 1. The van der Waals surface area contributed by atoms with Crippen LogP contribution in [0.3, 0.4) is 0 Å². The molecule has 2 fully saturated rings. The van der Waals surface area contributed by atoms with Crippen molar-refractivity contribution >= 4 is 5.78 Å². The second-order valence-corrected chi connectivity index (χ2v) is 6.55. The van der Waals surface area contributed by atoms with Crippen molar-refractivity contribution in [2.45, 2.75) is 44.7 Å². The van der Waals surface area contributed by atoms with E-state index in [0.717, 1.165) is 31.1 Å². The Morgan fingerprint density at radius 3 is 2.57 bits per heavy atom. The number of carbonyl (C=O) groups excluding carboxylic acids is 1. The van der Waals surface area contributed by atoms with Crippen LogP contribution in [0, 0.1) is 0 Å². The molecule has 2 unspecified atom stereocenters. The molecule has 2 heterocycles. The van der Waals surface area contributed by atoms with E-state index in [1.165, 1.54) is 24.8 Å². The fourth-order valence-electron chi connectivity index (χ4n) is 3.74.